The van der Waals surface area contributed by atoms with E-state index in [0.717, 1.165) is 13.2 Å². The van der Waals surface area contributed by atoms with E-state index in [4.69, 9.17) is 10.6 Å². The minimum absolute atomic E-state index is 0.117. The van der Waals surface area contributed by atoms with E-state index in [1.165, 1.54) is 0 Å². The van der Waals surface area contributed by atoms with Crippen LogP contribution in [0.2, 0.25) is 0 Å². The van der Waals surface area contributed by atoms with Crippen LogP contribution in [0.1, 0.15) is 27.2 Å². The van der Waals surface area contributed by atoms with Gasteiger partial charge in [0, 0.05) is 25.0 Å². The van der Waals surface area contributed by atoms with Gasteiger partial charge in [0.1, 0.15) is 0 Å². The lowest BCUT2D eigenvalue weighted by Crippen LogP contribution is -2.52. The van der Waals surface area contributed by atoms with Gasteiger partial charge in [-0.05, 0) is 20.8 Å². The average Bonchev–Trinajstić information content (AvgIpc) is 2.21. The van der Waals surface area contributed by atoms with Gasteiger partial charge in [-0.15, -0.1) is 0 Å². The maximum absolute atomic E-state index is 11.2. The molecule has 88 valence electrons. The van der Waals surface area contributed by atoms with Gasteiger partial charge in [0.2, 0.25) is 5.91 Å². The Balaban J connectivity index is 2.49. The van der Waals surface area contributed by atoms with Crippen molar-refractivity contribution in [3.05, 3.63) is 0 Å². The summed E-state index contributed by atoms with van der Waals surface area (Å²) in [6, 6.07) is 0.566. The van der Waals surface area contributed by atoms with Crippen molar-refractivity contribution >= 4 is 5.91 Å². The topological polar surface area (TPSA) is 67.6 Å². The van der Waals surface area contributed by atoms with Crippen LogP contribution in [-0.2, 0) is 9.53 Å². The van der Waals surface area contributed by atoms with Crippen molar-refractivity contribution in [3.8, 4) is 0 Å². The smallest absolute Gasteiger partial charge is 0.235 e. The molecular weight excluding hydrogens is 194 g/mol. The van der Waals surface area contributed by atoms with Crippen molar-refractivity contribution in [2.75, 3.05) is 13.2 Å². The first-order valence-electron chi connectivity index (χ1n) is 5.41. The molecule has 0 aromatic carbocycles. The Morgan fingerprint density at radius 1 is 1.67 bits per heavy atom. The summed E-state index contributed by atoms with van der Waals surface area (Å²) in [7, 11) is 0. The van der Waals surface area contributed by atoms with E-state index in [0.29, 0.717) is 12.5 Å². The third-order valence-corrected chi connectivity index (χ3v) is 2.86. The van der Waals surface area contributed by atoms with E-state index >= 15 is 0 Å². The molecule has 1 amide bonds. The van der Waals surface area contributed by atoms with Crippen LogP contribution >= 0.6 is 0 Å². The second-order valence-corrected chi connectivity index (χ2v) is 4.31. The zero-order chi connectivity index (χ0) is 11.4. The third kappa shape index (κ3) is 3.44. The molecule has 0 aromatic rings. The summed E-state index contributed by atoms with van der Waals surface area (Å²) in [4.78, 5) is 13.5. The van der Waals surface area contributed by atoms with E-state index in [9.17, 15) is 4.79 Å². The van der Waals surface area contributed by atoms with E-state index in [-0.39, 0.29) is 18.1 Å². The number of carbonyl (C=O) groups is 1. The molecule has 1 aliphatic rings. The van der Waals surface area contributed by atoms with Gasteiger partial charge in [-0.1, -0.05) is 0 Å². The predicted molar refractivity (Wildman–Crippen MR) is 58.0 cm³/mol. The molecule has 1 saturated heterocycles. The molecule has 1 heterocycles. The van der Waals surface area contributed by atoms with E-state index < -0.39 is 0 Å². The van der Waals surface area contributed by atoms with Crippen molar-refractivity contribution in [3.63, 3.8) is 0 Å². The minimum atomic E-state index is -0.117. The van der Waals surface area contributed by atoms with Crippen LogP contribution in [0.4, 0.5) is 0 Å². The Morgan fingerprint density at radius 3 is 2.93 bits per heavy atom. The Hall–Kier alpha value is -0.650. The molecule has 0 bridgehead atoms. The van der Waals surface area contributed by atoms with E-state index in [2.05, 4.69) is 24.2 Å². The standard InChI is InChI=1S/C10H21N3O2/c1-7(4-10(14)12-11)13-5-9(3)15-6-8(13)2/h7-9H,4-6,11H2,1-3H3,(H,12,14). The number of ether oxygens (including phenoxy) is 1. The van der Waals surface area contributed by atoms with Gasteiger partial charge in [-0.2, -0.15) is 0 Å². The van der Waals surface area contributed by atoms with Crippen LogP contribution in [0.5, 0.6) is 0 Å². The number of carbonyl (C=O) groups excluding carboxylic acids is 1. The van der Waals surface area contributed by atoms with Crippen molar-refractivity contribution < 1.29 is 9.53 Å². The third-order valence-electron chi connectivity index (χ3n) is 2.86. The number of morpholine rings is 1. The summed E-state index contributed by atoms with van der Waals surface area (Å²) in [6.45, 7) is 7.82. The van der Waals surface area contributed by atoms with Gasteiger partial charge in [-0.3, -0.25) is 15.1 Å². The molecule has 0 aliphatic carbocycles. The fourth-order valence-electron chi connectivity index (χ4n) is 1.99. The zero-order valence-electron chi connectivity index (χ0n) is 9.69. The maximum atomic E-state index is 11.2. The van der Waals surface area contributed by atoms with Crippen LogP contribution in [-0.4, -0.2) is 42.1 Å². The fourth-order valence-corrected chi connectivity index (χ4v) is 1.99. The first kappa shape index (κ1) is 12.4. The molecule has 1 aliphatic heterocycles. The number of nitrogens with two attached hydrogens (primary N) is 1. The molecular formula is C10H21N3O2. The molecule has 0 radical (unpaired) electrons. The maximum Gasteiger partial charge on any atom is 0.235 e. The van der Waals surface area contributed by atoms with Crippen LogP contribution in [0, 0.1) is 0 Å². The minimum Gasteiger partial charge on any atom is -0.376 e. The summed E-state index contributed by atoms with van der Waals surface area (Å²) >= 11 is 0. The molecule has 0 saturated carbocycles. The summed E-state index contributed by atoms with van der Waals surface area (Å²) in [6.07, 6.45) is 0.678. The molecule has 3 unspecified atom stereocenters. The van der Waals surface area contributed by atoms with Gasteiger partial charge >= 0.3 is 0 Å². The van der Waals surface area contributed by atoms with Crippen molar-refractivity contribution in [1.29, 1.82) is 0 Å². The monoisotopic (exact) mass is 215 g/mol. The van der Waals surface area contributed by atoms with Crippen LogP contribution in [0.15, 0.2) is 0 Å². The van der Waals surface area contributed by atoms with Gasteiger partial charge in [0.15, 0.2) is 0 Å². The lowest BCUT2D eigenvalue weighted by Gasteiger charge is -2.40. The number of rotatable bonds is 3. The number of hydrogen-bond acceptors (Lipinski definition) is 4. The summed E-state index contributed by atoms with van der Waals surface area (Å²) in [5.41, 5.74) is 2.16. The van der Waals surface area contributed by atoms with Crippen molar-refractivity contribution in [1.82, 2.24) is 10.3 Å². The van der Waals surface area contributed by atoms with Gasteiger partial charge in [0.05, 0.1) is 12.7 Å². The summed E-state index contributed by atoms with van der Waals surface area (Å²) < 4.78 is 5.53. The quantitative estimate of drug-likeness (QED) is 0.391. The van der Waals surface area contributed by atoms with Crippen LogP contribution in [0.3, 0.4) is 0 Å². The number of nitrogens with zero attached hydrogens (tertiary/aromatic N) is 1. The van der Waals surface area contributed by atoms with Crippen molar-refractivity contribution in [2.45, 2.75) is 45.4 Å². The largest absolute Gasteiger partial charge is 0.376 e. The highest BCUT2D eigenvalue weighted by Crippen LogP contribution is 2.16. The van der Waals surface area contributed by atoms with Gasteiger partial charge < -0.3 is 4.74 Å². The molecule has 0 spiro atoms. The summed E-state index contributed by atoms with van der Waals surface area (Å²) in [5.74, 6) is 4.95. The summed E-state index contributed by atoms with van der Waals surface area (Å²) in [5, 5.41) is 0. The molecule has 1 rings (SSSR count). The molecule has 0 aromatic heterocycles. The Morgan fingerprint density at radius 2 is 2.33 bits per heavy atom. The number of nitrogens with one attached hydrogen (secondary N) is 1. The normalized spacial score (nSPS) is 29.9. The highest BCUT2D eigenvalue weighted by Gasteiger charge is 2.28. The van der Waals surface area contributed by atoms with Crippen molar-refractivity contribution in [2.24, 2.45) is 5.84 Å². The second-order valence-electron chi connectivity index (χ2n) is 4.31. The van der Waals surface area contributed by atoms with Gasteiger partial charge in [-0.25, -0.2) is 5.84 Å². The molecule has 5 heteroatoms. The number of amides is 1. The zero-order valence-corrected chi connectivity index (χ0v) is 9.69. The molecule has 1 fully saturated rings. The average molecular weight is 215 g/mol. The van der Waals surface area contributed by atoms with E-state index in [1.54, 1.807) is 0 Å². The lowest BCUT2D eigenvalue weighted by atomic mass is 10.1. The molecule has 15 heavy (non-hydrogen) atoms. The molecule has 3 N–H and O–H groups in total. The fraction of sp³-hybridized carbons (Fsp3) is 0.900. The predicted octanol–water partition coefficient (Wildman–Crippen LogP) is -0.136. The Kier molecular flexibility index (Phi) is 4.50. The second kappa shape index (κ2) is 5.44. The van der Waals surface area contributed by atoms with Gasteiger partial charge in [0.25, 0.3) is 0 Å². The molecule has 3 atom stereocenters. The number of hydrazine groups is 1. The Bertz CT molecular complexity index is 223. The first-order chi connectivity index (χ1) is 7.04. The van der Waals surface area contributed by atoms with Crippen LogP contribution < -0.4 is 11.3 Å². The Labute approximate surface area is 90.9 Å². The lowest BCUT2D eigenvalue weighted by molar-refractivity contribution is -0.124. The molecule has 5 nitrogen and oxygen atoms in total. The SMILES string of the molecule is CC1CN(C(C)CC(=O)NN)C(C)CO1. The van der Waals surface area contributed by atoms with E-state index in [1.807, 2.05) is 6.92 Å². The number of hydrogen-bond donors (Lipinski definition) is 2. The van der Waals surface area contributed by atoms with Crippen LogP contribution in [0.25, 0.3) is 0 Å². The highest BCUT2D eigenvalue weighted by molar-refractivity contribution is 5.75. The highest BCUT2D eigenvalue weighted by atomic mass is 16.5. The first-order valence-corrected chi connectivity index (χ1v) is 5.41.